The van der Waals surface area contributed by atoms with Crippen molar-refractivity contribution >= 4 is 23.4 Å². The second-order valence-electron chi connectivity index (χ2n) is 4.11. The van der Waals surface area contributed by atoms with Crippen LogP contribution in [-0.4, -0.2) is 38.1 Å². The zero-order valence-electron chi connectivity index (χ0n) is 10.9. The Labute approximate surface area is 117 Å². The van der Waals surface area contributed by atoms with Gasteiger partial charge in [-0.3, -0.25) is 9.59 Å². The maximum atomic E-state index is 11.7. The smallest absolute Gasteiger partial charge is 0.251 e. The van der Waals surface area contributed by atoms with Crippen LogP contribution in [0.4, 0.5) is 0 Å². The molecule has 1 atom stereocenters. The molecule has 0 aromatic heterocycles. The highest BCUT2D eigenvalue weighted by molar-refractivity contribution is 6.30. The van der Waals surface area contributed by atoms with Crippen LogP contribution in [0.1, 0.15) is 17.3 Å². The Morgan fingerprint density at radius 1 is 1.32 bits per heavy atom. The van der Waals surface area contributed by atoms with Crippen molar-refractivity contribution < 1.29 is 14.3 Å². The van der Waals surface area contributed by atoms with Gasteiger partial charge in [0.15, 0.2) is 0 Å². The summed E-state index contributed by atoms with van der Waals surface area (Å²) in [4.78, 5) is 23.2. The number of ether oxygens (including phenoxy) is 1. The molecular formula is C13H17ClN2O3. The summed E-state index contributed by atoms with van der Waals surface area (Å²) in [5.41, 5.74) is 0.460. The predicted molar refractivity (Wildman–Crippen MR) is 73.3 cm³/mol. The van der Waals surface area contributed by atoms with Crippen LogP contribution >= 0.6 is 11.6 Å². The van der Waals surface area contributed by atoms with Crippen molar-refractivity contribution in [2.75, 3.05) is 20.3 Å². The largest absolute Gasteiger partial charge is 0.383 e. The molecule has 104 valence electrons. The number of halogens is 1. The third kappa shape index (κ3) is 5.72. The van der Waals surface area contributed by atoms with Crippen molar-refractivity contribution in [3.63, 3.8) is 0 Å². The van der Waals surface area contributed by atoms with Crippen LogP contribution in [0.5, 0.6) is 0 Å². The Morgan fingerprint density at radius 2 is 1.95 bits per heavy atom. The van der Waals surface area contributed by atoms with Crippen LogP contribution in [0, 0.1) is 0 Å². The summed E-state index contributed by atoms with van der Waals surface area (Å²) < 4.78 is 4.90. The fourth-order valence-corrected chi connectivity index (χ4v) is 1.61. The number of nitrogens with one attached hydrogen (secondary N) is 2. The third-order valence-electron chi connectivity index (χ3n) is 2.34. The topological polar surface area (TPSA) is 67.4 Å². The zero-order valence-corrected chi connectivity index (χ0v) is 11.7. The van der Waals surface area contributed by atoms with Gasteiger partial charge in [0.1, 0.15) is 0 Å². The molecule has 1 aromatic rings. The highest BCUT2D eigenvalue weighted by Crippen LogP contribution is 2.09. The van der Waals surface area contributed by atoms with Gasteiger partial charge in [0.05, 0.1) is 13.2 Å². The number of methoxy groups -OCH3 is 1. The molecule has 19 heavy (non-hydrogen) atoms. The molecule has 1 rings (SSSR count). The summed E-state index contributed by atoms with van der Waals surface area (Å²) in [6, 6.07) is 6.35. The van der Waals surface area contributed by atoms with Gasteiger partial charge in [0.25, 0.3) is 5.91 Å². The average molecular weight is 285 g/mol. The highest BCUT2D eigenvalue weighted by Gasteiger charge is 2.10. The summed E-state index contributed by atoms with van der Waals surface area (Å²) in [5, 5.41) is 5.79. The first kappa shape index (κ1) is 15.5. The van der Waals surface area contributed by atoms with Gasteiger partial charge in [-0.1, -0.05) is 11.6 Å². The number of carbonyl (C=O) groups is 2. The van der Waals surface area contributed by atoms with Crippen molar-refractivity contribution in [3.8, 4) is 0 Å². The van der Waals surface area contributed by atoms with E-state index in [2.05, 4.69) is 10.6 Å². The fourth-order valence-electron chi connectivity index (χ4n) is 1.48. The first-order chi connectivity index (χ1) is 9.02. The minimum absolute atomic E-state index is 0.0739. The van der Waals surface area contributed by atoms with E-state index in [9.17, 15) is 9.59 Å². The lowest BCUT2D eigenvalue weighted by atomic mass is 10.2. The molecule has 0 bridgehead atoms. The number of benzene rings is 1. The molecule has 5 nitrogen and oxygen atoms in total. The van der Waals surface area contributed by atoms with Crippen LogP contribution in [0.3, 0.4) is 0 Å². The van der Waals surface area contributed by atoms with Crippen molar-refractivity contribution in [1.29, 1.82) is 0 Å². The molecule has 2 N–H and O–H groups in total. The van der Waals surface area contributed by atoms with Crippen LogP contribution in [0.25, 0.3) is 0 Å². The van der Waals surface area contributed by atoms with E-state index in [0.717, 1.165) is 0 Å². The van der Waals surface area contributed by atoms with E-state index in [1.54, 1.807) is 31.4 Å². The maximum absolute atomic E-state index is 11.7. The van der Waals surface area contributed by atoms with E-state index < -0.39 is 0 Å². The second-order valence-corrected chi connectivity index (χ2v) is 4.55. The molecule has 0 fully saturated rings. The summed E-state index contributed by atoms with van der Waals surface area (Å²) in [6.07, 6.45) is 0. The van der Waals surface area contributed by atoms with Crippen molar-refractivity contribution in [2.45, 2.75) is 13.0 Å². The molecule has 1 unspecified atom stereocenters. The fraction of sp³-hybridized carbons (Fsp3) is 0.385. The van der Waals surface area contributed by atoms with Crippen LogP contribution in [-0.2, 0) is 9.53 Å². The van der Waals surface area contributed by atoms with Gasteiger partial charge >= 0.3 is 0 Å². The predicted octanol–water partition coefficient (Wildman–Crippen LogP) is 1.22. The molecule has 6 heteroatoms. The molecule has 0 saturated carbocycles. The lowest BCUT2D eigenvalue weighted by Gasteiger charge is -2.13. The lowest BCUT2D eigenvalue weighted by molar-refractivity contribution is -0.121. The SMILES string of the molecule is COCC(C)NC(=O)CNC(=O)c1ccc(Cl)cc1. The van der Waals surface area contributed by atoms with Crippen molar-refractivity contribution in [2.24, 2.45) is 0 Å². The summed E-state index contributed by atoms with van der Waals surface area (Å²) >= 11 is 5.72. The summed E-state index contributed by atoms with van der Waals surface area (Å²) in [6.45, 7) is 2.18. The Balaban J connectivity index is 2.37. The van der Waals surface area contributed by atoms with Gasteiger partial charge in [0, 0.05) is 23.7 Å². The molecule has 0 heterocycles. The number of hydrogen-bond donors (Lipinski definition) is 2. The molecular weight excluding hydrogens is 268 g/mol. The lowest BCUT2D eigenvalue weighted by Crippen LogP contribution is -2.42. The first-order valence-corrected chi connectivity index (χ1v) is 6.22. The number of rotatable bonds is 6. The Kier molecular flexibility index (Phi) is 6.32. The van der Waals surface area contributed by atoms with Gasteiger partial charge in [-0.05, 0) is 31.2 Å². The highest BCUT2D eigenvalue weighted by atomic mass is 35.5. The van der Waals surface area contributed by atoms with Crippen molar-refractivity contribution in [3.05, 3.63) is 34.9 Å². The summed E-state index contributed by atoms with van der Waals surface area (Å²) in [7, 11) is 1.56. The van der Waals surface area contributed by atoms with Gasteiger partial charge in [0.2, 0.25) is 5.91 Å². The third-order valence-corrected chi connectivity index (χ3v) is 2.59. The molecule has 0 aliphatic carbocycles. The van der Waals surface area contributed by atoms with Crippen LogP contribution < -0.4 is 10.6 Å². The normalized spacial score (nSPS) is 11.7. The van der Waals surface area contributed by atoms with Gasteiger partial charge in [-0.25, -0.2) is 0 Å². The van der Waals surface area contributed by atoms with E-state index in [0.29, 0.717) is 17.2 Å². The zero-order chi connectivity index (χ0) is 14.3. The number of amides is 2. The molecule has 0 spiro atoms. The number of carbonyl (C=O) groups excluding carboxylic acids is 2. The quantitative estimate of drug-likeness (QED) is 0.825. The van der Waals surface area contributed by atoms with E-state index in [-0.39, 0.29) is 24.4 Å². The Hall–Kier alpha value is -1.59. The van der Waals surface area contributed by atoms with E-state index in [1.807, 2.05) is 6.92 Å². The van der Waals surface area contributed by atoms with Gasteiger partial charge < -0.3 is 15.4 Å². The van der Waals surface area contributed by atoms with Gasteiger partial charge in [-0.15, -0.1) is 0 Å². The average Bonchev–Trinajstić information content (AvgIpc) is 2.37. The minimum atomic E-state index is -0.314. The molecule has 0 saturated heterocycles. The van der Waals surface area contributed by atoms with Crippen LogP contribution in [0.2, 0.25) is 5.02 Å². The summed E-state index contributed by atoms with van der Waals surface area (Å²) in [5.74, 6) is -0.571. The monoisotopic (exact) mass is 284 g/mol. The van der Waals surface area contributed by atoms with E-state index in [4.69, 9.17) is 16.3 Å². The van der Waals surface area contributed by atoms with E-state index >= 15 is 0 Å². The number of hydrogen-bond acceptors (Lipinski definition) is 3. The molecule has 0 aliphatic heterocycles. The molecule has 0 aliphatic rings. The Bertz CT molecular complexity index is 434. The van der Waals surface area contributed by atoms with E-state index in [1.165, 1.54) is 0 Å². The van der Waals surface area contributed by atoms with Crippen LogP contribution in [0.15, 0.2) is 24.3 Å². The van der Waals surface area contributed by atoms with Gasteiger partial charge in [-0.2, -0.15) is 0 Å². The second kappa shape index (κ2) is 7.76. The molecule has 2 amide bonds. The molecule has 0 radical (unpaired) electrons. The Morgan fingerprint density at radius 3 is 2.53 bits per heavy atom. The first-order valence-electron chi connectivity index (χ1n) is 5.85. The van der Waals surface area contributed by atoms with Crippen molar-refractivity contribution in [1.82, 2.24) is 10.6 Å². The standard InChI is InChI=1S/C13H17ClN2O3/c1-9(8-19-2)16-12(17)7-15-13(18)10-3-5-11(14)6-4-10/h3-6,9H,7-8H2,1-2H3,(H,15,18)(H,16,17). The minimum Gasteiger partial charge on any atom is -0.383 e. The molecule has 1 aromatic carbocycles. The maximum Gasteiger partial charge on any atom is 0.251 e.